The van der Waals surface area contributed by atoms with Gasteiger partial charge in [-0.05, 0) is 49.6 Å². The minimum atomic E-state index is -0.153. The molecule has 0 unspecified atom stereocenters. The van der Waals surface area contributed by atoms with Crippen molar-refractivity contribution in [1.82, 2.24) is 10.3 Å². The average molecular weight is 374 g/mol. The molecule has 1 fully saturated rings. The van der Waals surface area contributed by atoms with Crippen molar-refractivity contribution < 1.29 is 14.3 Å². The summed E-state index contributed by atoms with van der Waals surface area (Å²) in [7, 11) is 0. The first kappa shape index (κ1) is 17.0. The molecule has 1 aromatic heterocycles. The molecule has 5 nitrogen and oxygen atoms in total. The van der Waals surface area contributed by atoms with E-state index in [1.54, 1.807) is 0 Å². The molecule has 2 aromatic carbocycles. The van der Waals surface area contributed by atoms with Gasteiger partial charge < -0.3 is 14.8 Å². The maximum atomic E-state index is 13.1. The van der Waals surface area contributed by atoms with Gasteiger partial charge in [-0.3, -0.25) is 9.78 Å². The van der Waals surface area contributed by atoms with Gasteiger partial charge in [0.2, 0.25) is 0 Å². The first-order valence-electron chi connectivity index (χ1n) is 9.79. The van der Waals surface area contributed by atoms with Crippen molar-refractivity contribution >= 4 is 16.8 Å². The van der Waals surface area contributed by atoms with Gasteiger partial charge in [0.15, 0.2) is 11.5 Å². The van der Waals surface area contributed by atoms with Crippen LogP contribution in [0.1, 0.15) is 53.3 Å². The van der Waals surface area contributed by atoms with E-state index in [1.807, 2.05) is 55.5 Å². The molecule has 1 aliphatic carbocycles. The second-order valence-electron chi connectivity index (χ2n) is 7.48. The topological polar surface area (TPSA) is 60.5 Å². The number of ether oxygens (including phenoxy) is 2. The molecule has 1 saturated carbocycles. The van der Waals surface area contributed by atoms with Gasteiger partial charge >= 0.3 is 0 Å². The monoisotopic (exact) mass is 374 g/mol. The average Bonchev–Trinajstić information content (AvgIpc) is 3.58. The lowest BCUT2D eigenvalue weighted by molar-refractivity contribution is 0.0941. The quantitative estimate of drug-likeness (QED) is 0.736. The van der Waals surface area contributed by atoms with Crippen molar-refractivity contribution in [2.24, 2.45) is 0 Å². The van der Waals surface area contributed by atoms with E-state index in [9.17, 15) is 4.79 Å². The zero-order chi connectivity index (χ0) is 19.1. The van der Waals surface area contributed by atoms with Crippen LogP contribution in [0.5, 0.6) is 11.5 Å². The minimum absolute atomic E-state index is 0.0807. The Morgan fingerprint density at radius 3 is 2.68 bits per heavy atom. The van der Waals surface area contributed by atoms with Crippen LogP contribution in [0.25, 0.3) is 10.9 Å². The SMILES string of the molecule is C[C@H](NC(=O)c1cc(C2CC2)nc2ccccc12)c1ccc2c(c1)OCCO2. The number of nitrogens with one attached hydrogen (secondary N) is 1. The summed E-state index contributed by atoms with van der Waals surface area (Å²) in [6.45, 7) is 3.09. The van der Waals surface area contributed by atoms with Gasteiger partial charge in [-0.1, -0.05) is 24.3 Å². The van der Waals surface area contributed by atoms with Gasteiger partial charge in [-0.25, -0.2) is 0 Å². The molecule has 5 rings (SSSR count). The molecular weight excluding hydrogens is 352 g/mol. The smallest absolute Gasteiger partial charge is 0.252 e. The summed E-state index contributed by atoms with van der Waals surface area (Å²) in [6, 6.07) is 15.5. The van der Waals surface area contributed by atoms with E-state index in [1.165, 1.54) is 0 Å². The summed E-state index contributed by atoms with van der Waals surface area (Å²) in [6.07, 6.45) is 2.31. The predicted molar refractivity (Wildman–Crippen MR) is 107 cm³/mol. The van der Waals surface area contributed by atoms with Crippen molar-refractivity contribution in [3.8, 4) is 11.5 Å². The van der Waals surface area contributed by atoms with Crippen LogP contribution < -0.4 is 14.8 Å². The van der Waals surface area contributed by atoms with E-state index in [0.29, 0.717) is 24.7 Å². The lowest BCUT2D eigenvalue weighted by atomic mass is 10.0. The van der Waals surface area contributed by atoms with Crippen LogP contribution in [0.2, 0.25) is 0 Å². The number of para-hydroxylation sites is 1. The molecule has 28 heavy (non-hydrogen) atoms. The number of carbonyl (C=O) groups is 1. The van der Waals surface area contributed by atoms with Crippen LogP contribution in [0, 0.1) is 0 Å². The number of pyridine rings is 1. The third kappa shape index (κ3) is 3.17. The Labute approximate surface area is 163 Å². The number of nitrogens with zero attached hydrogens (tertiary/aromatic N) is 1. The number of hydrogen-bond acceptors (Lipinski definition) is 4. The fraction of sp³-hybridized carbons (Fsp3) is 0.304. The van der Waals surface area contributed by atoms with E-state index in [0.717, 1.165) is 46.5 Å². The lowest BCUT2D eigenvalue weighted by Crippen LogP contribution is -2.27. The molecule has 5 heteroatoms. The molecular formula is C23H22N2O3. The molecule has 1 amide bonds. The summed E-state index contributed by atoms with van der Waals surface area (Å²) < 4.78 is 11.2. The molecule has 1 aliphatic heterocycles. The van der Waals surface area contributed by atoms with Gasteiger partial charge in [-0.2, -0.15) is 0 Å². The number of carbonyl (C=O) groups excluding carboxylic acids is 1. The highest BCUT2D eigenvalue weighted by Crippen LogP contribution is 2.40. The molecule has 0 saturated heterocycles. The van der Waals surface area contributed by atoms with Gasteiger partial charge in [0.25, 0.3) is 5.91 Å². The highest BCUT2D eigenvalue weighted by Gasteiger charge is 2.27. The summed E-state index contributed by atoms with van der Waals surface area (Å²) in [4.78, 5) is 17.9. The van der Waals surface area contributed by atoms with Crippen LogP contribution >= 0.6 is 0 Å². The Kier molecular flexibility index (Phi) is 4.15. The van der Waals surface area contributed by atoms with Gasteiger partial charge in [-0.15, -0.1) is 0 Å². The minimum Gasteiger partial charge on any atom is -0.486 e. The number of hydrogen-bond donors (Lipinski definition) is 1. The van der Waals surface area contributed by atoms with Crippen molar-refractivity contribution in [3.63, 3.8) is 0 Å². The van der Waals surface area contributed by atoms with Crippen LogP contribution in [0.15, 0.2) is 48.5 Å². The summed E-state index contributed by atoms with van der Waals surface area (Å²) in [5.41, 5.74) is 3.58. The first-order valence-corrected chi connectivity index (χ1v) is 9.79. The van der Waals surface area contributed by atoms with Crippen LogP contribution in [-0.2, 0) is 0 Å². The maximum absolute atomic E-state index is 13.1. The number of rotatable bonds is 4. The summed E-state index contributed by atoms with van der Waals surface area (Å²) in [5, 5.41) is 4.02. The standard InChI is InChI=1S/C23H22N2O3/c1-14(16-8-9-21-22(12-16)28-11-10-27-21)24-23(26)18-13-20(15-6-7-15)25-19-5-3-2-4-17(18)19/h2-5,8-9,12-15H,6-7,10-11H2,1H3,(H,24,26)/t14-/m0/s1. The highest BCUT2D eigenvalue weighted by molar-refractivity contribution is 6.06. The van der Waals surface area contributed by atoms with E-state index in [2.05, 4.69) is 5.32 Å². The second kappa shape index (κ2) is 6.82. The summed E-state index contributed by atoms with van der Waals surface area (Å²) >= 11 is 0. The fourth-order valence-electron chi connectivity index (χ4n) is 3.66. The molecule has 3 aromatic rings. The first-order chi connectivity index (χ1) is 13.7. The van der Waals surface area contributed by atoms with Gasteiger partial charge in [0, 0.05) is 17.0 Å². The Morgan fingerprint density at radius 2 is 1.86 bits per heavy atom. The fourth-order valence-corrected chi connectivity index (χ4v) is 3.66. The zero-order valence-corrected chi connectivity index (χ0v) is 15.8. The molecule has 1 N–H and O–H groups in total. The lowest BCUT2D eigenvalue weighted by Gasteiger charge is -2.21. The van der Waals surface area contributed by atoms with Crippen molar-refractivity contribution in [2.75, 3.05) is 13.2 Å². The van der Waals surface area contributed by atoms with Crippen molar-refractivity contribution in [3.05, 3.63) is 65.4 Å². The highest BCUT2D eigenvalue weighted by atomic mass is 16.6. The molecule has 1 atom stereocenters. The Morgan fingerprint density at radius 1 is 1.07 bits per heavy atom. The largest absolute Gasteiger partial charge is 0.486 e. The maximum Gasteiger partial charge on any atom is 0.252 e. The van der Waals surface area contributed by atoms with Crippen LogP contribution in [0.4, 0.5) is 0 Å². The zero-order valence-electron chi connectivity index (χ0n) is 15.8. The molecule has 0 bridgehead atoms. The number of benzene rings is 2. The third-order valence-electron chi connectivity index (χ3n) is 5.39. The molecule has 2 aliphatic rings. The van der Waals surface area contributed by atoms with E-state index < -0.39 is 0 Å². The van der Waals surface area contributed by atoms with E-state index in [4.69, 9.17) is 14.5 Å². The third-order valence-corrected chi connectivity index (χ3v) is 5.39. The summed E-state index contributed by atoms with van der Waals surface area (Å²) in [5.74, 6) is 1.90. The number of fused-ring (bicyclic) bond motifs is 2. The predicted octanol–water partition coefficient (Wildman–Crippen LogP) is 4.37. The van der Waals surface area contributed by atoms with Gasteiger partial charge in [0.05, 0.1) is 17.1 Å². The van der Waals surface area contributed by atoms with E-state index in [-0.39, 0.29) is 11.9 Å². The number of amides is 1. The van der Waals surface area contributed by atoms with Crippen LogP contribution in [-0.4, -0.2) is 24.1 Å². The molecule has 142 valence electrons. The Hall–Kier alpha value is -3.08. The molecule has 0 radical (unpaired) electrons. The normalized spacial score (nSPS) is 16.6. The Bertz CT molecular complexity index is 1060. The number of aromatic nitrogens is 1. The van der Waals surface area contributed by atoms with Crippen LogP contribution in [0.3, 0.4) is 0 Å². The second-order valence-corrected chi connectivity index (χ2v) is 7.48. The molecule has 2 heterocycles. The van der Waals surface area contributed by atoms with Crippen molar-refractivity contribution in [1.29, 1.82) is 0 Å². The molecule has 0 spiro atoms. The van der Waals surface area contributed by atoms with Crippen molar-refractivity contribution in [2.45, 2.75) is 31.7 Å². The van der Waals surface area contributed by atoms with E-state index >= 15 is 0 Å². The van der Waals surface area contributed by atoms with Gasteiger partial charge in [0.1, 0.15) is 13.2 Å². The Balaban J connectivity index is 1.43.